The van der Waals surface area contributed by atoms with Gasteiger partial charge in [0.25, 0.3) is 11.6 Å². The highest BCUT2D eigenvalue weighted by Gasteiger charge is 2.14. The van der Waals surface area contributed by atoms with E-state index in [9.17, 15) is 20.2 Å². The summed E-state index contributed by atoms with van der Waals surface area (Å²) in [6, 6.07) is 20.6. The fraction of sp³-hybridized carbons (Fsp3) is 0.0833. The first kappa shape index (κ1) is 22.7. The van der Waals surface area contributed by atoms with Gasteiger partial charge in [-0.2, -0.15) is 5.26 Å². The van der Waals surface area contributed by atoms with Crippen molar-refractivity contribution in [3.05, 3.63) is 104 Å². The van der Waals surface area contributed by atoms with Gasteiger partial charge >= 0.3 is 0 Å². The van der Waals surface area contributed by atoms with Crippen LogP contribution < -0.4 is 10.1 Å². The molecule has 0 radical (unpaired) electrons. The van der Waals surface area contributed by atoms with Crippen LogP contribution in [-0.4, -0.2) is 10.8 Å². The first-order valence-electron chi connectivity index (χ1n) is 9.51. The molecular weight excluding hydrogens is 474 g/mol. The van der Waals surface area contributed by atoms with Gasteiger partial charge in [0.15, 0.2) is 0 Å². The van der Waals surface area contributed by atoms with E-state index in [0.29, 0.717) is 17.9 Å². The Morgan fingerprint density at radius 1 is 1.19 bits per heavy atom. The maximum atomic E-state index is 12.6. The second-order valence-corrected chi connectivity index (χ2v) is 7.80. The quantitative estimate of drug-likeness (QED) is 0.195. The van der Waals surface area contributed by atoms with Crippen LogP contribution in [0.3, 0.4) is 0 Å². The summed E-state index contributed by atoms with van der Waals surface area (Å²) in [4.78, 5) is 23.0. The molecule has 0 aliphatic heterocycles. The van der Waals surface area contributed by atoms with Gasteiger partial charge in [0.1, 0.15) is 24.0 Å². The maximum absolute atomic E-state index is 12.6. The lowest BCUT2D eigenvalue weighted by atomic mass is 10.1. The first-order valence-corrected chi connectivity index (χ1v) is 10.3. The molecule has 0 saturated carbocycles. The molecule has 0 fully saturated rings. The second kappa shape index (κ2) is 10.4. The van der Waals surface area contributed by atoms with E-state index in [1.807, 2.05) is 37.3 Å². The van der Waals surface area contributed by atoms with Crippen LogP contribution in [-0.2, 0) is 11.4 Å². The molecule has 160 valence electrons. The smallest absolute Gasteiger partial charge is 0.271 e. The number of carbonyl (C=O) groups excluding carboxylic acids is 1. The molecule has 1 N–H and O–H groups in total. The summed E-state index contributed by atoms with van der Waals surface area (Å²) in [6.07, 6.45) is 1.42. The summed E-state index contributed by atoms with van der Waals surface area (Å²) >= 11 is 3.39. The van der Waals surface area contributed by atoms with Crippen molar-refractivity contribution < 1.29 is 14.5 Å². The summed E-state index contributed by atoms with van der Waals surface area (Å²) in [6.45, 7) is 2.33. The van der Waals surface area contributed by atoms with Crippen molar-refractivity contribution in [3.63, 3.8) is 0 Å². The molecule has 0 aromatic heterocycles. The third kappa shape index (κ3) is 6.03. The zero-order valence-electron chi connectivity index (χ0n) is 17.0. The van der Waals surface area contributed by atoms with Gasteiger partial charge in [-0.05, 0) is 42.8 Å². The monoisotopic (exact) mass is 491 g/mol. The highest BCUT2D eigenvalue weighted by molar-refractivity contribution is 9.10. The van der Waals surface area contributed by atoms with Crippen LogP contribution in [0.5, 0.6) is 5.75 Å². The molecule has 8 heteroatoms. The molecule has 32 heavy (non-hydrogen) atoms. The number of hydrogen-bond donors (Lipinski definition) is 1. The van der Waals surface area contributed by atoms with E-state index >= 15 is 0 Å². The fourth-order valence-corrected chi connectivity index (χ4v) is 3.19. The van der Waals surface area contributed by atoms with Crippen LogP contribution in [0, 0.1) is 28.4 Å². The number of ether oxygens (including phenoxy) is 1. The van der Waals surface area contributed by atoms with Gasteiger partial charge in [-0.15, -0.1) is 0 Å². The maximum Gasteiger partial charge on any atom is 0.271 e. The lowest BCUT2D eigenvalue weighted by Crippen LogP contribution is -2.13. The zero-order chi connectivity index (χ0) is 23.1. The Kier molecular flexibility index (Phi) is 7.37. The van der Waals surface area contributed by atoms with Crippen molar-refractivity contribution >= 4 is 39.3 Å². The van der Waals surface area contributed by atoms with E-state index in [-0.39, 0.29) is 16.9 Å². The van der Waals surface area contributed by atoms with E-state index in [1.54, 1.807) is 18.2 Å². The summed E-state index contributed by atoms with van der Waals surface area (Å²) in [5, 5.41) is 23.0. The minimum atomic E-state index is -0.683. The Morgan fingerprint density at radius 2 is 1.94 bits per heavy atom. The van der Waals surface area contributed by atoms with Gasteiger partial charge in [0, 0.05) is 27.9 Å². The number of benzene rings is 3. The molecule has 0 bridgehead atoms. The molecule has 0 unspecified atom stereocenters. The Labute approximate surface area is 193 Å². The summed E-state index contributed by atoms with van der Waals surface area (Å²) in [5.74, 6) is -0.179. The van der Waals surface area contributed by atoms with Gasteiger partial charge in [-0.1, -0.05) is 51.8 Å². The molecular formula is C24H18BrN3O4. The van der Waals surface area contributed by atoms with E-state index < -0.39 is 10.8 Å². The molecule has 0 aliphatic carbocycles. The molecule has 3 aromatic rings. The standard InChI is InChI=1S/C24H18BrN3O4/c1-16-5-7-17(8-6-16)15-32-23-10-9-20(25)12-18(23)11-19(14-26)24(29)27-21-3-2-4-22(13-21)28(30)31/h2-13H,15H2,1H3,(H,27,29)/b19-11+. The Balaban J connectivity index is 1.82. The predicted molar refractivity (Wildman–Crippen MR) is 125 cm³/mol. The van der Waals surface area contributed by atoms with E-state index in [1.165, 1.54) is 30.3 Å². The van der Waals surface area contributed by atoms with Gasteiger partial charge in [0.05, 0.1) is 4.92 Å². The van der Waals surface area contributed by atoms with Crippen molar-refractivity contribution in [2.24, 2.45) is 0 Å². The second-order valence-electron chi connectivity index (χ2n) is 6.89. The molecule has 0 heterocycles. The Bertz CT molecular complexity index is 1230. The molecule has 0 aliphatic rings. The van der Waals surface area contributed by atoms with Crippen LogP contribution in [0.15, 0.2) is 76.8 Å². The summed E-state index contributed by atoms with van der Waals surface area (Å²) in [5.41, 5.74) is 2.55. The Hall–Kier alpha value is -3.96. The van der Waals surface area contributed by atoms with Crippen LogP contribution in [0.4, 0.5) is 11.4 Å². The Morgan fingerprint density at radius 3 is 2.62 bits per heavy atom. The van der Waals surface area contributed by atoms with E-state index in [0.717, 1.165) is 15.6 Å². The van der Waals surface area contributed by atoms with Crippen LogP contribution in [0.25, 0.3) is 6.08 Å². The number of nitriles is 1. The number of nitro groups is 1. The number of anilines is 1. The fourth-order valence-electron chi connectivity index (χ4n) is 2.81. The third-order valence-corrected chi connectivity index (χ3v) is 4.96. The van der Waals surface area contributed by atoms with Gasteiger partial charge in [-0.25, -0.2) is 0 Å². The number of hydrogen-bond acceptors (Lipinski definition) is 5. The topological polar surface area (TPSA) is 105 Å². The number of halogens is 1. The SMILES string of the molecule is Cc1ccc(COc2ccc(Br)cc2/C=C(\C#N)C(=O)Nc2cccc([N+](=O)[O-])c2)cc1. The van der Waals surface area contributed by atoms with Crippen LogP contribution in [0.2, 0.25) is 0 Å². The minimum Gasteiger partial charge on any atom is -0.488 e. The average Bonchev–Trinajstić information content (AvgIpc) is 2.78. The zero-order valence-corrected chi connectivity index (χ0v) is 18.6. The van der Waals surface area contributed by atoms with Gasteiger partial charge in [-0.3, -0.25) is 14.9 Å². The van der Waals surface area contributed by atoms with Crippen molar-refractivity contribution in [2.75, 3.05) is 5.32 Å². The largest absolute Gasteiger partial charge is 0.488 e. The number of rotatable bonds is 7. The molecule has 0 atom stereocenters. The number of aryl methyl sites for hydroxylation is 1. The highest BCUT2D eigenvalue weighted by atomic mass is 79.9. The number of non-ortho nitro benzene ring substituents is 1. The first-order chi connectivity index (χ1) is 15.4. The lowest BCUT2D eigenvalue weighted by Gasteiger charge is -2.11. The van der Waals surface area contributed by atoms with Gasteiger partial charge < -0.3 is 10.1 Å². The number of carbonyl (C=O) groups is 1. The van der Waals surface area contributed by atoms with Gasteiger partial charge in [0.2, 0.25) is 0 Å². The number of amides is 1. The minimum absolute atomic E-state index is 0.163. The van der Waals surface area contributed by atoms with Crippen LogP contribution in [0.1, 0.15) is 16.7 Å². The van der Waals surface area contributed by atoms with Crippen LogP contribution >= 0.6 is 15.9 Å². The predicted octanol–water partition coefficient (Wildman–Crippen LogP) is 5.79. The molecule has 1 amide bonds. The molecule has 0 spiro atoms. The van der Waals surface area contributed by atoms with Crippen molar-refractivity contribution in [3.8, 4) is 11.8 Å². The molecule has 7 nitrogen and oxygen atoms in total. The van der Waals surface area contributed by atoms with E-state index in [2.05, 4.69) is 21.2 Å². The number of nitro benzene ring substituents is 1. The van der Waals surface area contributed by atoms with Crippen molar-refractivity contribution in [2.45, 2.75) is 13.5 Å². The molecule has 3 aromatic carbocycles. The number of nitrogens with one attached hydrogen (secondary N) is 1. The molecule has 3 rings (SSSR count). The molecule has 0 saturated heterocycles. The highest BCUT2D eigenvalue weighted by Crippen LogP contribution is 2.27. The number of nitrogens with zero attached hydrogens (tertiary/aromatic N) is 2. The van der Waals surface area contributed by atoms with Crippen molar-refractivity contribution in [1.82, 2.24) is 0 Å². The summed E-state index contributed by atoms with van der Waals surface area (Å²) < 4.78 is 6.67. The summed E-state index contributed by atoms with van der Waals surface area (Å²) in [7, 11) is 0. The lowest BCUT2D eigenvalue weighted by molar-refractivity contribution is -0.384. The third-order valence-electron chi connectivity index (χ3n) is 4.47. The normalized spacial score (nSPS) is 10.8. The average molecular weight is 492 g/mol. The van der Waals surface area contributed by atoms with Crippen molar-refractivity contribution in [1.29, 1.82) is 5.26 Å². The van der Waals surface area contributed by atoms with E-state index in [4.69, 9.17) is 4.74 Å².